The Morgan fingerprint density at radius 2 is 2.11 bits per heavy atom. The summed E-state index contributed by atoms with van der Waals surface area (Å²) < 4.78 is 0.808. The van der Waals surface area contributed by atoms with Gasteiger partial charge in [-0.1, -0.05) is 15.9 Å². The molecule has 0 radical (unpaired) electrons. The van der Waals surface area contributed by atoms with E-state index in [4.69, 9.17) is 5.73 Å². The molecule has 2 amide bonds. The quantitative estimate of drug-likeness (QED) is 0.821. The van der Waals surface area contributed by atoms with Gasteiger partial charge in [0.15, 0.2) is 0 Å². The second-order valence-corrected chi connectivity index (χ2v) is 4.76. The van der Waals surface area contributed by atoms with Crippen LogP contribution in [0.2, 0.25) is 0 Å². The van der Waals surface area contributed by atoms with Crippen molar-refractivity contribution >= 4 is 33.4 Å². The van der Waals surface area contributed by atoms with Crippen LogP contribution in [0.15, 0.2) is 22.7 Å². The first-order valence-electron chi connectivity index (χ1n) is 5.53. The van der Waals surface area contributed by atoms with Crippen molar-refractivity contribution in [1.29, 1.82) is 0 Å². The molecule has 3 N–H and O–H groups in total. The van der Waals surface area contributed by atoms with Crippen molar-refractivity contribution in [3.8, 4) is 0 Å². The van der Waals surface area contributed by atoms with Crippen molar-refractivity contribution in [2.45, 2.75) is 6.92 Å². The van der Waals surface area contributed by atoms with Gasteiger partial charge in [-0.05, 0) is 25.1 Å². The van der Waals surface area contributed by atoms with E-state index in [0.717, 1.165) is 4.47 Å². The molecule has 0 aliphatic carbocycles. The van der Waals surface area contributed by atoms with Crippen molar-refractivity contribution in [2.75, 3.05) is 25.9 Å². The Labute approximate surface area is 114 Å². The van der Waals surface area contributed by atoms with E-state index < -0.39 is 0 Å². The Balaban J connectivity index is 2.77. The lowest BCUT2D eigenvalue weighted by Gasteiger charge is -2.17. The van der Waals surface area contributed by atoms with Gasteiger partial charge in [0.05, 0.1) is 12.1 Å². The second kappa shape index (κ2) is 6.39. The summed E-state index contributed by atoms with van der Waals surface area (Å²) in [6.45, 7) is 2.38. The largest absolute Gasteiger partial charge is 0.398 e. The van der Waals surface area contributed by atoms with Gasteiger partial charge in [-0.25, -0.2) is 0 Å². The minimum absolute atomic E-state index is 0.0160. The summed E-state index contributed by atoms with van der Waals surface area (Å²) in [5.41, 5.74) is 6.55. The van der Waals surface area contributed by atoms with Crippen molar-refractivity contribution < 1.29 is 9.59 Å². The topological polar surface area (TPSA) is 75.4 Å². The van der Waals surface area contributed by atoms with Gasteiger partial charge in [0.25, 0.3) is 5.91 Å². The van der Waals surface area contributed by atoms with Gasteiger partial charge in [-0.2, -0.15) is 0 Å². The van der Waals surface area contributed by atoms with Gasteiger partial charge in [0, 0.05) is 23.8 Å². The number of carbonyl (C=O) groups is 2. The molecule has 0 saturated carbocycles. The summed E-state index contributed by atoms with van der Waals surface area (Å²) in [5, 5.41) is 2.63. The number of nitrogens with two attached hydrogens (primary N) is 1. The zero-order valence-electron chi connectivity index (χ0n) is 10.4. The Morgan fingerprint density at radius 1 is 1.44 bits per heavy atom. The summed E-state index contributed by atoms with van der Waals surface area (Å²) >= 11 is 3.27. The van der Waals surface area contributed by atoms with Crippen LogP contribution in [0.3, 0.4) is 0 Å². The molecule has 5 nitrogen and oxygen atoms in total. The van der Waals surface area contributed by atoms with Crippen LogP contribution < -0.4 is 11.1 Å². The van der Waals surface area contributed by atoms with Crippen LogP contribution in [-0.2, 0) is 4.79 Å². The molecule has 0 aliphatic rings. The van der Waals surface area contributed by atoms with Gasteiger partial charge in [-0.15, -0.1) is 0 Å². The van der Waals surface area contributed by atoms with Crippen LogP contribution in [0.5, 0.6) is 0 Å². The smallest absolute Gasteiger partial charge is 0.256 e. The second-order valence-electron chi connectivity index (χ2n) is 3.85. The average molecular weight is 314 g/mol. The van der Waals surface area contributed by atoms with Crippen LogP contribution >= 0.6 is 15.9 Å². The molecule has 1 aromatic rings. The molecule has 0 aromatic heterocycles. The van der Waals surface area contributed by atoms with Crippen molar-refractivity contribution in [1.82, 2.24) is 10.2 Å². The number of benzene rings is 1. The molecule has 0 aliphatic heterocycles. The Kier molecular flexibility index (Phi) is 5.15. The van der Waals surface area contributed by atoms with Gasteiger partial charge in [0.2, 0.25) is 5.91 Å². The fourth-order valence-electron chi connectivity index (χ4n) is 1.47. The highest BCUT2D eigenvalue weighted by Crippen LogP contribution is 2.19. The maximum Gasteiger partial charge on any atom is 0.256 e. The van der Waals surface area contributed by atoms with E-state index in [1.54, 1.807) is 25.2 Å². The maximum absolute atomic E-state index is 12.1. The van der Waals surface area contributed by atoms with Crippen LogP contribution in [-0.4, -0.2) is 36.9 Å². The lowest BCUT2D eigenvalue weighted by molar-refractivity contribution is -0.121. The van der Waals surface area contributed by atoms with E-state index in [-0.39, 0.29) is 18.4 Å². The lowest BCUT2D eigenvalue weighted by Crippen LogP contribution is -2.38. The van der Waals surface area contributed by atoms with Gasteiger partial charge < -0.3 is 16.0 Å². The fourth-order valence-corrected chi connectivity index (χ4v) is 1.85. The Morgan fingerprint density at radius 3 is 2.67 bits per heavy atom. The number of likely N-dealkylation sites (N-methyl/N-ethyl adjacent to an activating group) is 2. The first kappa shape index (κ1) is 14.5. The lowest BCUT2D eigenvalue weighted by atomic mass is 10.1. The van der Waals surface area contributed by atoms with Gasteiger partial charge in [-0.3, -0.25) is 9.59 Å². The minimum Gasteiger partial charge on any atom is -0.398 e. The number of halogens is 1. The summed E-state index contributed by atoms with van der Waals surface area (Å²) in [6.07, 6.45) is 0. The summed E-state index contributed by atoms with van der Waals surface area (Å²) in [6, 6.07) is 5.03. The number of nitrogens with one attached hydrogen (secondary N) is 1. The third-order valence-corrected chi connectivity index (χ3v) is 2.84. The first-order valence-corrected chi connectivity index (χ1v) is 6.32. The molecule has 0 spiro atoms. The predicted octanol–water partition coefficient (Wildman–Crippen LogP) is 1.24. The van der Waals surface area contributed by atoms with E-state index in [1.807, 2.05) is 6.92 Å². The van der Waals surface area contributed by atoms with Gasteiger partial charge in [0.1, 0.15) is 0 Å². The van der Waals surface area contributed by atoms with Crippen LogP contribution in [0, 0.1) is 0 Å². The molecule has 18 heavy (non-hydrogen) atoms. The number of hydrogen-bond donors (Lipinski definition) is 2. The number of carbonyl (C=O) groups excluding carboxylic acids is 2. The number of nitrogen functional groups attached to an aromatic ring is 1. The summed E-state index contributed by atoms with van der Waals surface area (Å²) in [4.78, 5) is 24.8. The highest BCUT2D eigenvalue weighted by Gasteiger charge is 2.16. The van der Waals surface area contributed by atoms with Crippen molar-refractivity contribution in [2.24, 2.45) is 0 Å². The molecule has 0 heterocycles. The van der Waals surface area contributed by atoms with E-state index >= 15 is 0 Å². The Bertz CT molecular complexity index is 463. The van der Waals surface area contributed by atoms with E-state index in [2.05, 4.69) is 21.2 Å². The maximum atomic E-state index is 12.1. The fraction of sp³-hybridized carbons (Fsp3) is 0.333. The summed E-state index contributed by atoms with van der Waals surface area (Å²) in [5.74, 6) is -0.463. The molecule has 1 rings (SSSR count). The van der Waals surface area contributed by atoms with E-state index in [0.29, 0.717) is 17.8 Å². The number of rotatable bonds is 4. The highest BCUT2D eigenvalue weighted by atomic mass is 79.9. The number of hydrogen-bond acceptors (Lipinski definition) is 3. The molecule has 0 bridgehead atoms. The van der Waals surface area contributed by atoms with Crippen LogP contribution in [0.1, 0.15) is 17.3 Å². The zero-order valence-corrected chi connectivity index (χ0v) is 12.0. The third kappa shape index (κ3) is 3.73. The average Bonchev–Trinajstić information content (AvgIpc) is 2.28. The molecule has 98 valence electrons. The number of nitrogens with zero attached hydrogens (tertiary/aromatic N) is 1. The van der Waals surface area contributed by atoms with Crippen molar-refractivity contribution in [3.63, 3.8) is 0 Å². The van der Waals surface area contributed by atoms with Crippen LogP contribution in [0.25, 0.3) is 0 Å². The molecule has 1 aromatic carbocycles. The van der Waals surface area contributed by atoms with Crippen molar-refractivity contribution in [3.05, 3.63) is 28.2 Å². The molecule has 6 heteroatoms. The highest BCUT2D eigenvalue weighted by molar-refractivity contribution is 9.10. The normalized spacial score (nSPS) is 9.94. The molecular formula is C12H16BrN3O2. The molecule has 0 unspecified atom stereocenters. The minimum atomic E-state index is -0.272. The summed E-state index contributed by atoms with van der Waals surface area (Å²) in [7, 11) is 1.57. The zero-order chi connectivity index (χ0) is 13.7. The third-order valence-electron chi connectivity index (χ3n) is 2.35. The molecular weight excluding hydrogens is 298 g/mol. The molecule has 0 fully saturated rings. The molecule has 0 atom stereocenters. The predicted molar refractivity (Wildman–Crippen MR) is 74.2 cm³/mol. The molecule has 0 saturated heterocycles. The van der Waals surface area contributed by atoms with E-state index in [1.165, 1.54) is 4.90 Å². The van der Waals surface area contributed by atoms with Crippen LogP contribution in [0.4, 0.5) is 5.69 Å². The van der Waals surface area contributed by atoms with E-state index in [9.17, 15) is 9.59 Å². The number of amides is 2. The van der Waals surface area contributed by atoms with Gasteiger partial charge >= 0.3 is 0 Å². The SMILES string of the molecule is CCNC(=O)CN(C)C(=O)c1ccc(Br)cc1N. The first-order chi connectivity index (χ1) is 8.45. The number of anilines is 1. The standard InChI is InChI=1S/C12H16BrN3O2/c1-3-15-11(17)7-16(2)12(18)9-5-4-8(13)6-10(9)14/h4-6H,3,7,14H2,1-2H3,(H,15,17). The monoisotopic (exact) mass is 313 g/mol. The Hall–Kier alpha value is -1.56.